The quantitative estimate of drug-likeness (QED) is 0.657. The van der Waals surface area contributed by atoms with Crippen molar-refractivity contribution in [2.75, 3.05) is 20.3 Å². The van der Waals surface area contributed by atoms with Crippen molar-refractivity contribution in [3.05, 3.63) is 59.5 Å². The number of ether oxygens (including phenoxy) is 2. The molecule has 4 heteroatoms. The van der Waals surface area contributed by atoms with E-state index < -0.39 is 0 Å². The third-order valence-corrected chi connectivity index (χ3v) is 5.08. The average molecular weight is 363 g/mol. The SMILES string of the molecule is CCc1ccc2oc(-c3ccc(OC)cc3)cc(=NC[C@@H]3CCCO3)c2c1. The summed E-state index contributed by atoms with van der Waals surface area (Å²) in [6.45, 7) is 3.70. The zero-order chi connectivity index (χ0) is 18.6. The van der Waals surface area contributed by atoms with Crippen LogP contribution >= 0.6 is 0 Å². The fourth-order valence-electron chi connectivity index (χ4n) is 3.45. The number of fused-ring (bicyclic) bond motifs is 1. The van der Waals surface area contributed by atoms with Gasteiger partial charge in [0.15, 0.2) is 0 Å². The van der Waals surface area contributed by atoms with E-state index in [4.69, 9.17) is 18.9 Å². The van der Waals surface area contributed by atoms with Crippen LogP contribution in [-0.2, 0) is 11.2 Å². The number of benzene rings is 2. The van der Waals surface area contributed by atoms with Crippen molar-refractivity contribution in [3.8, 4) is 17.1 Å². The van der Waals surface area contributed by atoms with Crippen molar-refractivity contribution in [3.63, 3.8) is 0 Å². The van der Waals surface area contributed by atoms with Gasteiger partial charge in [-0.25, -0.2) is 0 Å². The second-order valence-electron chi connectivity index (χ2n) is 6.88. The van der Waals surface area contributed by atoms with Gasteiger partial charge in [-0.3, -0.25) is 4.99 Å². The Morgan fingerprint density at radius 1 is 1.11 bits per heavy atom. The zero-order valence-electron chi connectivity index (χ0n) is 15.9. The summed E-state index contributed by atoms with van der Waals surface area (Å²) in [6.07, 6.45) is 3.43. The molecule has 0 bridgehead atoms. The Morgan fingerprint density at radius 3 is 2.67 bits per heavy atom. The van der Waals surface area contributed by atoms with Gasteiger partial charge >= 0.3 is 0 Å². The van der Waals surface area contributed by atoms with Gasteiger partial charge in [0, 0.05) is 23.6 Å². The molecule has 1 aliphatic rings. The van der Waals surface area contributed by atoms with E-state index in [0.717, 1.165) is 59.3 Å². The van der Waals surface area contributed by atoms with Crippen molar-refractivity contribution >= 4 is 11.0 Å². The second kappa shape index (κ2) is 7.97. The third-order valence-electron chi connectivity index (χ3n) is 5.08. The van der Waals surface area contributed by atoms with Gasteiger partial charge in [0.2, 0.25) is 0 Å². The fraction of sp³-hybridized carbons (Fsp3) is 0.348. The summed E-state index contributed by atoms with van der Waals surface area (Å²) in [4.78, 5) is 4.90. The predicted octanol–water partition coefficient (Wildman–Crippen LogP) is 4.75. The zero-order valence-corrected chi connectivity index (χ0v) is 15.9. The van der Waals surface area contributed by atoms with Crippen LogP contribution in [0.15, 0.2) is 57.9 Å². The number of aryl methyl sites for hydroxylation is 1. The summed E-state index contributed by atoms with van der Waals surface area (Å²) >= 11 is 0. The molecule has 0 radical (unpaired) electrons. The van der Waals surface area contributed by atoms with E-state index >= 15 is 0 Å². The Bertz CT molecular complexity index is 983. The molecule has 1 aromatic heterocycles. The Hall–Kier alpha value is -2.59. The van der Waals surface area contributed by atoms with Crippen molar-refractivity contribution in [2.24, 2.45) is 4.99 Å². The molecule has 0 spiro atoms. The van der Waals surface area contributed by atoms with Crippen LogP contribution in [0.5, 0.6) is 5.75 Å². The first-order valence-electron chi connectivity index (χ1n) is 9.60. The normalized spacial score (nSPS) is 17.6. The Balaban J connectivity index is 1.81. The molecule has 2 heterocycles. The Morgan fingerprint density at radius 2 is 1.96 bits per heavy atom. The monoisotopic (exact) mass is 363 g/mol. The second-order valence-corrected chi connectivity index (χ2v) is 6.88. The highest BCUT2D eigenvalue weighted by atomic mass is 16.5. The van der Waals surface area contributed by atoms with Crippen LogP contribution in [0.25, 0.3) is 22.3 Å². The van der Waals surface area contributed by atoms with Crippen LogP contribution in [-0.4, -0.2) is 26.4 Å². The molecule has 1 fully saturated rings. The average Bonchev–Trinajstić information content (AvgIpc) is 3.25. The molecule has 0 N–H and O–H groups in total. The lowest BCUT2D eigenvalue weighted by Crippen LogP contribution is -2.14. The fourth-order valence-corrected chi connectivity index (χ4v) is 3.45. The summed E-state index contributed by atoms with van der Waals surface area (Å²) in [5.74, 6) is 1.64. The number of nitrogens with zero attached hydrogens (tertiary/aromatic N) is 1. The standard InChI is InChI=1S/C23H25NO3/c1-3-16-6-11-22-20(13-16)21(24-15-19-5-4-12-26-19)14-23(27-22)17-7-9-18(25-2)10-8-17/h6-11,13-14,19H,3-5,12,15H2,1-2H3/t19-/m0/s1. The first-order valence-corrected chi connectivity index (χ1v) is 9.60. The summed E-state index contributed by atoms with van der Waals surface area (Å²) in [5.41, 5.74) is 3.14. The Kier molecular flexibility index (Phi) is 5.26. The lowest BCUT2D eigenvalue weighted by molar-refractivity contribution is 0.117. The highest BCUT2D eigenvalue weighted by Crippen LogP contribution is 2.25. The van der Waals surface area contributed by atoms with Gasteiger partial charge in [0.25, 0.3) is 0 Å². The molecule has 0 amide bonds. The number of hydrogen-bond acceptors (Lipinski definition) is 4. The topological polar surface area (TPSA) is 44.0 Å². The maximum atomic E-state index is 6.20. The molecule has 2 aromatic carbocycles. The Labute approximate surface area is 159 Å². The lowest BCUT2D eigenvalue weighted by atomic mass is 10.1. The molecule has 1 saturated heterocycles. The molecule has 27 heavy (non-hydrogen) atoms. The number of hydrogen-bond donors (Lipinski definition) is 0. The first kappa shape index (κ1) is 17.8. The van der Waals surface area contributed by atoms with Gasteiger partial charge in [-0.1, -0.05) is 13.0 Å². The molecule has 4 rings (SSSR count). The van der Waals surface area contributed by atoms with Gasteiger partial charge in [0.1, 0.15) is 17.1 Å². The molecule has 0 saturated carbocycles. The molecule has 0 unspecified atom stereocenters. The predicted molar refractivity (Wildman–Crippen MR) is 107 cm³/mol. The van der Waals surface area contributed by atoms with E-state index in [1.807, 2.05) is 36.4 Å². The highest BCUT2D eigenvalue weighted by Gasteiger charge is 2.15. The number of methoxy groups -OCH3 is 1. The minimum atomic E-state index is 0.232. The summed E-state index contributed by atoms with van der Waals surface area (Å²) in [6, 6.07) is 16.3. The number of rotatable bonds is 5. The van der Waals surface area contributed by atoms with Crippen molar-refractivity contribution in [1.82, 2.24) is 0 Å². The summed E-state index contributed by atoms with van der Waals surface area (Å²) in [7, 11) is 1.67. The van der Waals surface area contributed by atoms with Crippen LogP contribution in [0, 0.1) is 0 Å². The van der Waals surface area contributed by atoms with Gasteiger partial charge < -0.3 is 13.9 Å². The van der Waals surface area contributed by atoms with E-state index in [0.29, 0.717) is 6.54 Å². The molecule has 0 aliphatic carbocycles. The summed E-state index contributed by atoms with van der Waals surface area (Å²) < 4.78 is 17.2. The molecular formula is C23H25NO3. The van der Waals surface area contributed by atoms with E-state index in [2.05, 4.69) is 19.1 Å². The van der Waals surface area contributed by atoms with Crippen LogP contribution in [0.2, 0.25) is 0 Å². The van der Waals surface area contributed by atoms with Crippen LogP contribution in [0.4, 0.5) is 0 Å². The molecule has 140 valence electrons. The summed E-state index contributed by atoms with van der Waals surface area (Å²) in [5, 5.41) is 2.03. The van der Waals surface area contributed by atoms with Crippen molar-refractivity contribution in [2.45, 2.75) is 32.3 Å². The molecule has 3 aromatic rings. The van der Waals surface area contributed by atoms with Crippen LogP contribution in [0.1, 0.15) is 25.3 Å². The maximum Gasteiger partial charge on any atom is 0.136 e. The smallest absolute Gasteiger partial charge is 0.136 e. The van der Waals surface area contributed by atoms with Crippen LogP contribution < -0.4 is 10.1 Å². The molecular weight excluding hydrogens is 338 g/mol. The van der Waals surface area contributed by atoms with Crippen molar-refractivity contribution in [1.29, 1.82) is 0 Å². The van der Waals surface area contributed by atoms with E-state index in [1.165, 1.54) is 5.56 Å². The lowest BCUT2D eigenvalue weighted by Gasteiger charge is -2.09. The van der Waals surface area contributed by atoms with Crippen LogP contribution in [0.3, 0.4) is 0 Å². The maximum absolute atomic E-state index is 6.20. The molecule has 1 atom stereocenters. The third kappa shape index (κ3) is 3.91. The van der Waals surface area contributed by atoms with Gasteiger partial charge in [-0.05, 0) is 61.2 Å². The van der Waals surface area contributed by atoms with E-state index in [9.17, 15) is 0 Å². The van der Waals surface area contributed by atoms with Gasteiger partial charge in [0.05, 0.1) is 25.1 Å². The van der Waals surface area contributed by atoms with E-state index in [-0.39, 0.29) is 6.10 Å². The molecule has 4 nitrogen and oxygen atoms in total. The van der Waals surface area contributed by atoms with Gasteiger partial charge in [-0.15, -0.1) is 0 Å². The molecule has 1 aliphatic heterocycles. The minimum Gasteiger partial charge on any atom is -0.497 e. The highest BCUT2D eigenvalue weighted by molar-refractivity contribution is 5.79. The first-order chi connectivity index (χ1) is 13.3. The minimum absolute atomic E-state index is 0.232. The van der Waals surface area contributed by atoms with Crippen molar-refractivity contribution < 1.29 is 13.9 Å². The van der Waals surface area contributed by atoms with E-state index in [1.54, 1.807) is 7.11 Å². The largest absolute Gasteiger partial charge is 0.497 e. The van der Waals surface area contributed by atoms with Gasteiger partial charge in [-0.2, -0.15) is 0 Å².